The van der Waals surface area contributed by atoms with Gasteiger partial charge in [-0.1, -0.05) is 141 Å². The Balaban J connectivity index is 1.59. The molecule has 0 atom stereocenters. The number of unbranched alkanes of at least 4 members (excludes halogenated alkanes) is 18. The Morgan fingerprint density at radius 2 is 0.717 bits per heavy atom. The van der Waals surface area contributed by atoms with Crippen molar-refractivity contribution in [3.05, 3.63) is 70.8 Å². The van der Waals surface area contributed by atoms with Gasteiger partial charge in [-0.05, 0) is 73.2 Å². The Bertz CT molecular complexity index is 1110. The first-order valence-corrected chi connectivity index (χ1v) is 18.2. The van der Waals surface area contributed by atoms with Gasteiger partial charge in [-0.25, -0.2) is 9.59 Å². The molecule has 0 aliphatic rings. The summed E-state index contributed by atoms with van der Waals surface area (Å²) in [6, 6.07) is 14.2. The van der Waals surface area contributed by atoms with Crippen LogP contribution in [0.25, 0.3) is 0 Å². The van der Waals surface area contributed by atoms with Gasteiger partial charge in [0.1, 0.15) is 0 Å². The van der Waals surface area contributed by atoms with E-state index in [0.29, 0.717) is 24.3 Å². The van der Waals surface area contributed by atoms with Crippen molar-refractivity contribution in [3.8, 4) is 23.7 Å². The summed E-state index contributed by atoms with van der Waals surface area (Å²) in [5.41, 5.74) is 2.62. The zero-order chi connectivity index (χ0) is 32.9. The molecule has 0 aliphatic heterocycles. The number of carbonyl (C=O) groups is 2. The number of hydrogen-bond acceptors (Lipinski definition) is 4. The Morgan fingerprint density at radius 1 is 0.435 bits per heavy atom. The largest absolute Gasteiger partial charge is 0.462 e. The number of carbonyl (C=O) groups excluding carboxylic acids is 2. The van der Waals surface area contributed by atoms with Crippen LogP contribution in [0.2, 0.25) is 0 Å². The van der Waals surface area contributed by atoms with Crippen LogP contribution in [-0.4, -0.2) is 25.2 Å². The van der Waals surface area contributed by atoms with Crippen LogP contribution in [0.4, 0.5) is 0 Å². The van der Waals surface area contributed by atoms with E-state index in [1.54, 1.807) is 24.3 Å². The molecule has 0 saturated heterocycles. The van der Waals surface area contributed by atoms with Gasteiger partial charge in [0, 0.05) is 11.1 Å². The Kier molecular flexibility index (Phi) is 22.4. The summed E-state index contributed by atoms with van der Waals surface area (Å²) in [6.07, 6.45) is 25.1. The summed E-state index contributed by atoms with van der Waals surface area (Å²) < 4.78 is 10.9. The molecule has 0 N–H and O–H groups in total. The van der Waals surface area contributed by atoms with Crippen molar-refractivity contribution in [2.24, 2.45) is 0 Å². The van der Waals surface area contributed by atoms with Gasteiger partial charge in [-0.3, -0.25) is 0 Å². The van der Waals surface area contributed by atoms with Gasteiger partial charge in [0.05, 0.1) is 24.3 Å². The van der Waals surface area contributed by atoms with Crippen LogP contribution in [-0.2, 0) is 9.47 Å². The van der Waals surface area contributed by atoms with Gasteiger partial charge < -0.3 is 9.47 Å². The SMILES string of the molecule is CCCCCCCCCCCCOC(=O)c1ccc(C#CC#Cc2ccc(C(=O)OCCCCCCCCCCCC)cc2)cc1. The summed E-state index contributed by atoms with van der Waals surface area (Å²) in [6.45, 7) is 5.43. The van der Waals surface area contributed by atoms with Crippen molar-refractivity contribution < 1.29 is 19.1 Å². The molecule has 0 fully saturated rings. The fourth-order valence-corrected chi connectivity index (χ4v) is 5.26. The van der Waals surface area contributed by atoms with Crippen LogP contribution in [0.1, 0.15) is 174 Å². The second-order valence-corrected chi connectivity index (χ2v) is 12.3. The van der Waals surface area contributed by atoms with Gasteiger partial charge in [0.15, 0.2) is 0 Å². The lowest BCUT2D eigenvalue weighted by Gasteiger charge is -2.05. The van der Waals surface area contributed by atoms with Crippen LogP contribution in [0.5, 0.6) is 0 Å². The van der Waals surface area contributed by atoms with Crippen LogP contribution in [0, 0.1) is 23.7 Å². The number of rotatable bonds is 24. The van der Waals surface area contributed by atoms with Crippen molar-refractivity contribution in [1.82, 2.24) is 0 Å². The molecule has 2 aromatic carbocycles. The van der Waals surface area contributed by atoms with Crippen molar-refractivity contribution in [2.75, 3.05) is 13.2 Å². The second-order valence-electron chi connectivity index (χ2n) is 12.3. The van der Waals surface area contributed by atoms with E-state index in [-0.39, 0.29) is 11.9 Å². The topological polar surface area (TPSA) is 52.6 Å². The fourth-order valence-electron chi connectivity index (χ4n) is 5.26. The quantitative estimate of drug-likeness (QED) is 0.0661. The molecule has 0 radical (unpaired) electrons. The Morgan fingerprint density at radius 3 is 1.02 bits per heavy atom. The number of hydrogen-bond donors (Lipinski definition) is 0. The lowest BCUT2D eigenvalue weighted by atomic mass is 10.1. The zero-order valence-electron chi connectivity index (χ0n) is 28.8. The number of esters is 2. The second kappa shape index (κ2) is 26.7. The summed E-state index contributed by atoms with van der Waals surface area (Å²) in [7, 11) is 0. The number of ether oxygens (including phenoxy) is 2. The maximum Gasteiger partial charge on any atom is 0.338 e. The van der Waals surface area contributed by atoms with Gasteiger partial charge in [0.2, 0.25) is 0 Å². The van der Waals surface area contributed by atoms with Gasteiger partial charge in [0.25, 0.3) is 0 Å². The highest BCUT2D eigenvalue weighted by atomic mass is 16.5. The molecule has 46 heavy (non-hydrogen) atoms. The highest BCUT2D eigenvalue weighted by Crippen LogP contribution is 2.13. The lowest BCUT2D eigenvalue weighted by molar-refractivity contribution is 0.0488. The molecule has 0 aliphatic carbocycles. The van der Waals surface area contributed by atoms with E-state index >= 15 is 0 Å². The van der Waals surface area contributed by atoms with E-state index < -0.39 is 0 Å². The van der Waals surface area contributed by atoms with Crippen LogP contribution in [0.15, 0.2) is 48.5 Å². The first-order chi connectivity index (χ1) is 22.6. The summed E-state index contributed by atoms with van der Waals surface area (Å²) >= 11 is 0. The molecule has 2 aromatic rings. The first-order valence-electron chi connectivity index (χ1n) is 18.2. The maximum atomic E-state index is 12.3. The predicted molar refractivity (Wildman–Crippen MR) is 191 cm³/mol. The fraction of sp³-hybridized carbons (Fsp3) is 0.571. The van der Waals surface area contributed by atoms with Gasteiger partial charge in [-0.2, -0.15) is 0 Å². The molecule has 0 unspecified atom stereocenters. The third-order valence-corrected chi connectivity index (χ3v) is 8.18. The summed E-state index contributed by atoms with van der Waals surface area (Å²) in [5.74, 6) is 11.1. The molecule has 2 rings (SSSR count). The highest BCUT2D eigenvalue weighted by molar-refractivity contribution is 5.90. The minimum atomic E-state index is -0.290. The third kappa shape index (κ3) is 19.1. The normalized spacial score (nSPS) is 10.4. The van der Waals surface area contributed by atoms with E-state index in [4.69, 9.17) is 9.47 Å². The molecule has 0 spiro atoms. The monoisotopic (exact) mass is 626 g/mol. The average Bonchev–Trinajstić information content (AvgIpc) is 3.08. The van der Waals surface area contributed by atoms with Gasteiger partial charge >= 0.3 is 11.9 Å². The van der Waals surface area contributed by atoms with E-state index in [0.717, 1.165) is 36.8 Å². The smallest absolute Gasteiger partial charge is 0.338 e. The molecular weight excluding hydrogens is 568 g/mol. The van der Waals surface area contributed by atoms with Crippen molar-refractivity contribution >= 4 is 11.9 Å². The Labute approximate surface area is 280 Å². The van der Waals surface area contributed by atoms with Crippen LogP contribution < -0.4 is 0 Å². The first kappa shape index (κ1) is 38.7. The Hall–Kier alpha value is -3.50. The van der Waals surface area contributed by atoms with Crippen molar-refractivity contribution in [1.29, 1.82) is 0 Å². The minimum absolute atomic E-state index is 0.290. The maximum absolute atomic E-state index is 12.3. The summed E-state index contributed by atoms with van der Waals surface area (Å²) in [4.78, 5) is 24.7. The number of benzene rings is 2. The molecule has 250 valence electrons. The minimum Gasteiger partial charge on any atom is -0.462 e. The third-order valence-electron chi connectivity index (χ3n) is 8.18. The predicted octanol–water partition coefficient (Wildman–Crippen LogP) is 11.2. The van der Waals surface area contributed by atoms with Crippen LogP contribution >= 0.6 is 0 Å². The van der Waals surface area contributed by atoms with E-state index in [1.165, 1.54) is 103 Å². The molecule has 0 saturated carbocycles. The van der Waals surface area contributed by atoms with Crippen LogP contribution in [0.3, 0.4) is 0 Å². The molecule has 0 amide bonds. The molecule has 4 nitrogen and oxygen atoms in total. The molecular formula is C42H58O4. The van der Waals surface area contributed by atoms with E-state index in [2.05, 4.69) is 37.5 Å². The lowest BCUT2D eigenvalue weighted by Crippen LogP contribution is -2.06. The van der Waals surface area contributed by atoms with Crippen molar-refractivity contribution in [2.45, 2.75) is 142 Å². The molecule has 0 bridgehead atoms. The summed E-state index contributed by atoms with van der Waals surface area (Å²) in [5, 5.41) is 0. The van der Waals surface area contributed by atoms with Gasteiger partial charge in [-0.15, -0.1) is 0 Å². The molecule has 0 heterocycles. The highest BCUT2D eigenvalue weighted by Gasteiger charge is 2.07. The zero-order valence-corrected chi connectivity index (χ0v) is 28.8. The van der Waals surface area contributed by atoms with E-state index in [9.17, 15) is 9.59 Å². The molecule has 4 heteroatoms. The average molecular weight is 627 g/mol. The standard InChI is InChI=1S/C42H58O4/c1-3-5-7-9-11-13-15-17-19-23-35-45-41(43)39-31-27-37(28-32-39)25-21-22-26-38-29-33-40(34-30-38)42(44)46-36-24-20-18-16-14-12-10-8-6-4-2/h27-34H,3-20,23-24,35-36H2,1-2H3. The van der Waals surface area contributed by atoms with Crippen molar-refractivity contribution in [3.63, 3.8) is 0 Å². The molecule has 0 aromatic heterocycles. The van der Waals surface area contributed by atoms with E-state index in [1.807, 2.05) is 24.3 Å².